The molecule has 2 N–H and O–H groups in total. The van der Waals surface area contributed by atoms with E-state index in [0.717, 1.165) is 19.3 Å². The molecule has 0 saturated carbocycles. The van der Waals surface area contributed by atoms with Gasteiger partial charge in [0.05, 0.1) is 0 Å². The predicted molar refractivity (Wildman–Crippen MR) is 50.1 cm³/mol. The van der Waals surface area contributed by atoms with Gasteiger partial charge in [-0.05, 0) is 31.4 Å². The van der Waals surface area contributed by atoms with E-state index in [1.165, 1.54) is 18.5 Å². The molecule has 0 atom stereocenters. The van der Waals surface area contributed by atoms with Crippen molar-refractivity contribution in [2.75, 3.05) is 6.61 Å². The van der Waals surface area contributed by atoms with Gasteiger partial charge in [0.1, 0.15) is 0 Å². The molecule has 1 rings (SSSR count). The molecule has 0 unspecified atom stereocenters. The zero-order chi connectivity index (χ0) is 8.65. The number of unbranched alkanes of at least 4 members (excludes halogenated alkanes) is 3. The lowest BCUT2D eigenvalue weighted by Crippen LogP contribution is -1.87. The van der Waals surface area contributed by atoms with Gasteiger partial charge < -0.3 is 10.1 Å². The van der Waals surface area contributed by atoms with Crippen LogP contribution in [0.15, 0.2) is 18.3 Å². The molecule has 1 heterocycles. The van der Waals surface area contributed by atoms with Crippen LogP contribution in [0.1, 0.15) is 31.4 Å². The first-order valence-electron chi connectivity index (χ1n) is 4.66. The quantitative estimate of drug-likeness (QED) is 0.625. The summed E-state index contributed by atoms with van der Waals surface area (Å²) < 4.78 is 0. The van der Waals surface area contributed by atoms with Gasteiger partial charge in [-0.2, -0.15) is 0 Å². The van der Waals surface area contributed by atoms with E-state index in [1.54, 1.807) is 0 Å². The second-order valence-corrected chi connectivity index (χ2v) is 3.08. The van der Waals surface area contributed by atoms with Gasteiger partial charge in [-0.3, -0.25) is 0 Å². The standard InChI is InChI=1S/C10H17NO/c12-9-4-2-1-3-6-10-7-5-8-11-10/h5,7-8,11-12H,1-4,6,9H2. The molecule has 0 aliphatic heterocycles. The number of rotatable bonds is 6. The summed E-state index contributed by atoms with van der Waals surface area (Å²) in [4.78, 5) is 3.18. The van der Waals surface area contributed by atoms with Gasteiger partial charge in [-0.15, -0.1) is 0 Å². The van der Waals surface area contributed by atoms with Crippen LogP contribution in [0.4, 0.5) is 0 Å². The van der Waals surface area contributed by atoms with Crippen LogP contribution >= 0.6 is 0 Å². The third kappa shape index (κ3) is 3.58. The zero-order valence-electron chi connectivity index (χ0n) is 7.42. The minimum atomic E-state index is 0.336. The van der Waals surface area contributed by atoms with Crippen LogP contribution in [0, 0.1) is 0 Å². The molecule has 0 fully saturated rings. The van der Waals surface area contributed by atoms with Crippen molar-refractivity contribution in [1.29, 1.82) is 0 Å². The Morgan fingerprint density at radius 3 is 2.67 bits per heavy atom. The Morgan fingerprint density at radius 1 is 1.17 bits per heavy atom. The molecule has 0 aliphatic carbocycles. The Balaban J connectivity index is 1.96. The van der Waals surface area contributed by atoms with E-state index < -0.39 is 0 Å². The average Bonchev–Trinajstić information content (AvgIpc) is 2.57. The number of nitrogens with one attached hydrogen (secondary N) is 1. The first-order valence-corrected chi connectivity index (χ1v) is 4.66. The Kier molecular flexibility index (Phi) is 4.54. The van der Waals surface area contributed by atoms with Crippen LogP contribution in [0.5, 0.6) is 0 Å². The summed E-state index contributed by atoms with van der Waals surface area (Å²) in [6.45, 7) is 0.336. The van der Waals surface area contributed by atoms with Crippen molar-refractivity contribution in [1.82, 2.24) is 4.98 Å². The van der Waals surface area contributed by atoms with E-state index in [2.05, 4.69) is 11.1 Å². The number of aliphatic hydroxyl groups is 1. The fraction of sp³-hybridized carbons (Fsp3) is 0.600. The minimum Gasteiger partial charge on any atom is -0.396 e. The lowest BCUT2D eigenvalue weighted by Gasteiger charge is -1.97. The molecular weight excluding hydrogens is 150 g/mol. The highest BCUT2D eigenvalue weighted by Crippen LogP contribution is 2.05. The summed E-state index contributed by atoms with van der Waals surface area (Å²) in [5.41, 5.74) is 1.32. The van der Waals surface area contributed by atoms with Crippen LogP contribution in [0.25, 0.3) is 0 Å². The monoisotopic (exact) mass is 167 g/mol. The molecule has 2 nitrogen and oxygen atoms in total. The maximum atomic E-state index is 8.54. The van der Waals surface area contributed by atoms with Crippen LogP contribution in [0.2, 0.25) is 0 Å². The van der Waals surface area contributed by atoms with Gasteiger partial charge in [-0.1, -0.05) is 12.8 Å². The summed E-state index contributed by atoms with van der Waals surface area (Å²) in [5, 5.41) is 8.54. The molecular formula is C10H17NO. The largest absolute Gasteiger partial charge is 0.396 e. The van der Waals surface area contributed by atoms with Gasteiger partial charge in [0.25, 0.3) is 0 Å². The third-order valence-electron chi connectivity index (χ3n) is 2.02. The van der Waals surface area contributed by atoms with Crippen molar-refractivity contribution in [2.45, 2.75) is 32.1 Å². The zero-order valence-corrected chi connectivity index (χ0v) is 7.42. The summed E-state index contributed by atoms with van der Waals surface area (Å²) >= 11 is 0. The van der Waals surface area contributed by atoms with Crippen molar-refractivity contribution in [3.05, 3.63) is 24.0 Å². The second-order valence-electron chi connectivity index (χ2n) is 3.08. The third-order valence-corrected chi connectivity index (χ3v) is 2.02. The van der Waals surface area contributed by atoms with Crippen molar-refractivity contribution >= 4 is 0 Å². The van der Waals surface area contributed by atoms with Gasteiger partial charge in [0, 0.05) is 18.5 Å². The Hall–Kier alpha value is -0.760. The SMILES string of the molecule is OCCCCCCc1ccc[nH]1. The first kappa shape index (κ1) is 9.33. The Morgan fingerprint density at radius 2 is 2.00 bits per heavy atom. The normalized spacial score (nSPS) is 10.4. The molecule has 1 aromatic rings. The summed E-state index contributed by atoms with van der Waals surface area (Å²) in [7, 11) is 0. The second kappa shape index (κ2) is 5.84. The van der Waals surface area contributed by atoms with Crippen LogP contribution in [-0.2, 0) is 6.42 Å². The van der Waals surface area contributed by atoms with Crippen molar-refractivity contribution in [2.24, 2.45) is 0 Å². The average molecular weight is 167 g/mol. The van der Waals surface area contributed by atoms with Gasteiger partial charge >= 0.3 is 0 Å². The van der Waals surface area contributed by atoms with Crippen LogP contribution in [0.3, 0.4) is 0 Å². The highest BCUT2D eigenvalue weighted by atomic mass is 16.2. The smallest absolute Gasteiger partial charge is 0.0431 e. The predicted octanol–water partition coefficient (Wildman–Crippen LogP) is 2.11. The Labute approximate surface area is 73.6 Å². The van der Waals surface area contributed by atoms with E-state index in [4.69, 9.17) is 5.11 Å². The number of H-pyrrole nitrogens is 1. The number of aromatic amines is 1. The fourth-order valence-corrected chi connectivity index (χ4v) is 1.30. The lowest BCUT2D eigenvalue weighted by molar-refractivity contribution is 0.282. The molecule has 0 saturated heterocycles. The lowest BCUT2D eigenvalue weighted by atomic mass is 10.1. The fourth-order valence-electron chi connectivity index (χ4n) is 1.30. The number of aliphatic hydroxyl groups excluding tert-OH is 1. The molecule has 2 heteroatoms. The summed E-state index contributed by atoms with van der Waals surface area (Å²) in [6.07, 6.45) is 7.64. The van der Waals surface area contributed by atoms with E-state index in [9.17, 15) is 0 Å². The number of hydrogen-bond acceptors (Lipinski definition) is 1. The molecule has 0 bridgehead atoms. The van der Waals surface area contributed by atoms with E-state index in [1.807, 2.05) is 12.3 Å². The number of hydrogen-bond donors (Lipinski definition) is 2. The molecule has 0 aliphatic rings. The van der Waals surface area contributed by atoms with Gasteiger partial charge in [0.15, 0.2) is 0 Å². The molecule has 1 aromatic heterocycles. The van der Waals surface area contributed by atoms with E-state index in [-0.39, 0.29) is 0 Å². The molecule has 12 heavy (non-hydrogen) atoms. The van der Waals surface area contributed by atoms with Crippen LogP contribution < -0.4 is 0 Å². The van der Waals surface area contributed by atoms with Gasteiger partial charge in [0.2, 0.25) is 0 Å². The number of aryl methyl sites for hydroxylation is 1. The highest BCUT2D eigenvalue weighted by Gasteiger charge is 1.92. The molecule has 68 valence electrons. The molecule has 0 aromatic carbocycles. The maximum Gasteiger partial charge on any atom is 0.0431 e. The van der Waals surface area contributed by atoms with Gasteiger partial charge in [-0.25, -0.2) is 0 Å². The molecule has 0 spiro atoms. The minimum absolute atomic E-state index is 0.336. The van der Waals surface area contributed by atoms with Crippen molar-refractivity contribution in [3.8, 4) is 0 Å². The Bertz CT molecular complexity index is 182. The van der Waals surface area contributed by atoms with E-state index >= 15 is 0 Å². The summed E-state index contributed by atoms with van der Waals surface area (Å²) in [5.74, 6) is 0. The molecule has 0 amide bonds. The van der Waals surface area contributed by atoms with Crippen molar-refractivity contribution in [3.63, 3.8) is 0 Å². The van der Waals surface area contributed by atoms with Crippen LogP contribution in [-0.4, -0.2) is 16.7 Å². The highest BCUT2D eigenvalue weighted by molar-refractivity contribution is 5.03. The maximum absolute atomic E-state index is 8.54. The first-order chi connectivity index (χ1) is 5.93. The topological polar surface area (TPSA) is 36.0 Å². The van der Waals surface area contributed by atoms with E-state index in [0.29, 0.717) is 6.61 Å². The summed E-state index contributed by atoms with van der Waals surface area (Å²) in [6, 6.07) is 4.15. The van der Waals surface area contributed by atoms with Crippen molar-refractivity contribution < 1.29 is 5.11 Å². The number of aromatic nitrogens is 1. The molecule has 0 radical (unpaired) electrons.